The number of carbonyl (C=O) groups is 1. The molecule has 0 aliphatic rings. The third-order valence-electron chi connectivity index (χ3n) is 5.38. The van der Waals surface area contributed by atoms with Crippen molar-refractivity contribution in [3.63, 3.8) is 0 Å². The summed E-state index contributed by atoms with van der Waals surface area (Å²) in [7, 11) is 0. The van der Waals surface area contributed by atoms with Gasteiger partial charge in [0, 0.05) is 16.8 Å². The van der Waals surface area contributed by atoms with Gasteiger partial charge in [0.25, 0.3) is 5.91 Å². The molecule has 0 radical (unpaired) electrons. The van der Waals surface area contributed by atoms with E-state index in [0.717, 1.165) is 12.1 Å². The van der Waals surface area contributed by atoms with E-state index in [1.54, 1.807) is 50.2 Å². The number of hydrogen-bond acceptors (Lipinski definition) is 6. The zero-order valence-corrected chi connectivity index (χ0v) is 20.9. The third kappa shape index (κ3) is 6.27. The van der Waals surface area contributed by atoms with Gasteiger partial charge >= 0.3 is 6.18 Å². The number of pyridine rings is 1. The van der Waals surface area contributed by atoms with E-state index in [1.807, 2.05) is 6.07 Å². The number of carbonyl (C=O) groups excluding carboxylic acids is 1. The molecule has 0 unspecified atom stereocenters. The summed E-state index contributed by atoms with van der Waals surface area (Å²) in [6.07, 6.45) is -3.33. The smallest absolute Gasteiger partial charge is 0.416 e. The van der Waals surface area contributed by atoms with Crippen LogP contribution in [0.15, 0.2) is 60.8 Å². The van der Waals surface area contributed by atoms with Crippen LogP contribution in [0.4, 0.5) is 13.2 Å². The SMILES string of the molecule is Cc1nc([C@H](C)NC(=O)c2cc(OCc3ccc(Cl)cc3)cc(C(F)(F)F)c2)n(-c2ccc(C#N)cn2)n1. The minimum Gasteiger partial charge on any atom is -0.489 e. The largest absolute Gasteiger partial charge is 0.489 e. The molecular weight excluding hydrogens is 521 g/mol. The molecule has 0 fully saturated rings. The molecule has 194 valence electrons. The highest BCUT2D eigenvalue weighted by molar-refractivity contribution is 6.30. The average Bonchev–Trinajstić information content (AvgIpc) is 3.29. The Hall–Kier alpha value is -4.43. The summed E-state index contributed by atoms with van der Waals surface area (Å²) in [4.78, 5) is 21.6. The van der Waals surface area contributed by atoms with Crippen LogP contribution in [0.1, 0.15) is 51.7 Å². The van der Waals surface area contributed by atoms with Gasteiger partial charge in [0.05, 0.1) is 17.2 Å². The summed E-state index contributed by atoms with van der Waals surface area (Å²) >= 11 is 5.86. The average molecular weight is 541 g/mol. The van der Waals surface area contributed by atoms with Crippen LogP contribution in [0.5, 0.6) is 5.75 Å². The molecule has 0 saturated carbocycles. The molecule has 0 aliphatic carbocycles. The highest BCUT2D eigenvalue weighted by atomic mass is 35.5. The Morgan fingerprint density at radius 1 is 1.18 bits per heavy atom. The van der Waals surface area contributed by atoms with Gasteiger partial charge < -0.3 is 10.1 Å². The Labute approximate surface area is 220 Å². The molecule has 0 saturated heterocycles. The van der Waals surface area contributed by atoms with Gasteiger partial charge in [0.15, 0.2) is 11.6 Å². The molecule has 2 aromatic carbocycles. The van der Waals surface area contributed by atoms with Gasteiger partial charge in [-0.3, -0.25) is 4.79 Å². The molecule has 2 heterocycles. The van der Waals surface area contributed by atoms with Crippen molar-refractivity contribution in [2.45, 2.75) is 32.7 Å². The first-order chi connectivity index (χ1) is 18.0. The number of rotatable bonds is 7. The van der Waals surface area contributed by atoms with Crippen molar-refractivity contribution in [1.82, 2.24) is 25.1 Å². The Morgan fingerprint density at radius 3 is 2.55 bits per heavy atom. The van der Waals surface area contributed by atoms with Crippen molar-refractivity contribution in [1.29, 1.82) is 5.26 Å². The molecular formula is C26H20ClF3N6O2. The normalized spacial score (nSPS) is 12.0. The van der Waals surface area contributed by atoms with Gasteiger partial charge in [-0.1, -0.05) is 23.7 Å². The minimum absolute atomic E-state index is 0.0179. The number of nitriles is 1. The number of nitrogens with one attached hydrogen (secondary N) is 1. The molecule has 0 aliphatic heterocycles. The highest BCUT2D eigenvalue weighted by Crippen LogP contribution is 2.33. The number of halogens is 4. The van der Waals surface area contributed by atoms with E-state index in [-0.39, 0.29) is 17.9 Å². The second kappa shape index (κ2) is 10.9. The Morgan fingerprint density at radius 2 is 1.92 bits per heavy atom. The topological polar surface area (TPSA) is 106 Å². The quantitative estimate of drug-likeness (QED) is 0.328. The fraction of sp³-hybridized carbons (Fsp3) is 0.192. The zero-order valence-electron chi connectivity index (χ0n) is 20.1. The summed E-state index contributed by atoms with van der Waals surface area (Å²) in [5.74, 6) is 0.175. The van der Waals surface area contributed by atoms with Gasteiger partial charge in [0.2, 0.25) is 0 Å². The maximum absolute atomic E-state index is 13.6. The van der Waals surface area contributed by atoms with Crippen molar-refractivity contribution in [3.05, 3.63) is 99.7 Å². The monoisotopic (exact) mass is 540 g/mol. The fourth-order valence-electron chi connectivity index (χ4n) is 3.53. The van der Waals surface area contributed by atoms with Gasteiger partial charge in [0.1, 0.15) is 24.3 Å². The zero-order chi connectivity index (χ0) is 27.4. The molecule has 38 heavy (non-hydrogen) atoms. The van der Waals surface area contributed by atoms with E-state index in [2.05, 4.69) is 20.4 Å². The van der Waals surface area contributed by atoms with E-state index in [1.165, 1.54) is 16.9 Å². The Bertz CT molecular complexity index is 1500. The van der Waals surface area contributed by atoms with Crippen LogP contribution < -0.4 is 10.1 Å². The first-order valence-electron chi connectivity index (χ1n) is 11.2. The van der Waals surface area contributed by atoms with Crippen LogP contribution in [-0.2, 0) is 12.8 Å². The van der Waals surface area contributed by atoms with E-state index >= 15 is 0 Å². The van der Waals surface area contributed by atoms with Crippen molar-refractivity contribution in [3.8, 4) is 17.6 Å². The van der Waals surface area contributed by atoms with Crippen LogP contribution in [-0.4, -0.2) is 25.7 Å². The van der Waals surface area contributed by atoms with E-state index < -0.39 is 23.7 Å². The standard InChI is InChI=1S/C26H20ClF3N6O2/c1-15(24-34-16(2)35-36(24)23-8-5-18(12-31)13-32-23)33-25(37)19-9-20(26(28,29)30)11-22(10-19)38-14-17-3-6-21(27)7-4-17/h3-11,13,15H,14H2,1-2H3,(H,33,37)/t15-/m0/s1. The number of nitrogens with zero attached hydrogens (tertiary/aromatic N) is 5. The number of aryl methyl sites for hydroxylation is 1. The second-order valence-corrected chi connectivity index (χ2v) is 8.74. The van der Waals surface area contributed by atoms with Crippen molar-refractivity contribution >= 4 is 17.5 Å². The molecule has 1 N–H and O–H groups in total. The number of ether oxygens (including phenoxy) is 1. The molecule has 1 amide bonds. The first-order valence-corrected chi connectivity index (χ1v) is 11.6. The molecule has 2 aromatic heterocycles. The maximum atomic E-state index is 13.6. The van der Waals surface area contributed by atoms with Gasteiger partial charge in [-0.2, -0.15) is 23.1 Å². The summed E-state index contributed by atoms with van der Waals surface area (Å²) in [6, 6.07) is 13.8. The van der Waals surface area contributed by atoms with Crippen LogP contribution in [0.2, 0.25) is 5.02 Å². The van der Waals surface area contributed by atoms with Crippen molar-refractivity contribution in [2.75, 3.05) is 0 Å². The van der Waals surface area contributed by atoms with Crippen LogP contribution in [0.3, 0.4) is 0 Å². The number of alkyl halides is 3. The van der Waals surface area contributed by atoms with Crippen LogP contribution >= 0.6 is 11.6 Å². The molecule has 12 heteroatoms. The molecule has 0 spiro atoms. The summed E-state index contributed by atoms with van der Waals surface area (Å²) in [6.45, 7) is 3.25. The Kier molecular flexibility index (Phi) is 7.64. The summed E-state index contributed by atoms with van der Waals surface area (Å²) < 4.78 is 47.7. The van der Waals surface area contributed by atoms with E-state index in [0.29, 0.717) is 33.6 Å². The molecule has 1 atom stereocenters. The van der Waals surface area contributed by atoms with Crippen molar-refractivity contribution < 1.29 is 22.7 Å². The third-order valence-corrected chi connectivity index (χ3v) is 5.63. The van der Waals surface area contributed by atoms with E-state index in [4.69, 9.17) is 21.6 Å². The second-order valence-electron chi connectivity index (χ2n) is 8.30. The molecule has 4 aromatic rings. The lowest BCUT2D eigenvalue weighted by Gasteiger charge is -2.16. The van der Waals surface area contributed by atoms with Gasteiger partial charge in [-0.15, -0.1) is 5.10 Å². The lowest BCUT2D eigenvalue weighted by molar-refractivity contribution is -0.137. The fourth-order valence-corrected chi connectivity index (χ4v) is 3.65. The van der Waals surface area contributed by atoms with Crippen LogP contribution in [0, 0.1) is 18.3 Å². The number of aromatic nitrogens is 4. The predicted octanol–water partition coefficient (Wildman–Crippen LogP) is 5.58. The molecule has 0 bridgehead atoms. The van der Waals surface area contributed by atoms with Crippen molar-refractivity contribution in [2.24, 2.45) is 0 Å². The van der Waals surface area contributed by atoms with Gasteiger partial charge in [-0.05, 0) is 61.9 Å². The maximum Gasteiger partial charge on any atom is 0.416 e. The molecule has 8 nitrogen and oxygen atoms in total. The minimum atomic E-state index is -4.70. The number of amides is 1. The molecule has 4 rings (SSSR count). The first kappa shape index (κ1) is 26.6. The lowest BCUT2D eigenvalue weighted by Crippen LogP contribution is -2.29. The lowest BCUT2D eigenvalue weighted by atomic mass is 10.1. The predicted molar refractivity (Wildman–Crippen MR) is 132 cm³/mol. The number of hydrogen-bond donors (Lipinski definition) is 1. The van der Waals surface area contributed by atoms with E-state index in [9.17, 15) is 18.0 Å². The van der Waals surface area contributed by atoms with Gasteiger partial charge in [-0.25, -0.2) is 9.97 Å². The number of benzene rings is 2. The highest BCUT2D eigenvalue weighted by Gasteiger charge is 2.32. The van der Waals surface area contributed by atoms with Crippen LogP contribution in [0.25, 0.3) is 5.82 Å². The summed E-state index contributed by atoms with van der Waals surface area (Å²) in [5.41, 5.74) is -0.216. The summed E-state index contributed by atoms with van der Waals surface area (Å²) in [5, 5.41) is 16.5. The Balaban J connectivity index is 1.57.